The minimum Gasteiger partial charge on any atom is -0.147 e. The lowest BCUT2D eigenvalue weighted by Gasteiger charge is -2.39. The van der Waals surface area contributed by atoms with Gasteiger partial charge >= 0.3 is 0 Å². The van der Waals surface area contributed by atoms with Crippen molar-refractivity contribution < 1.29 is 0 Å². The molecular formula is C10H22ClP. The largest absolute Gasteiger partial charge is 0.147 e. The average molecular weight is 209 g/mol. The van der Waals surface area contributed by atoms with Gasteiger partial charge in [-0.2, -0.15) is 0 Å². The van der Waals surface area contributed by atoms with Crippen LogP contribution in [0.4, 0.5) is 0 Å². The lowest BCUT2D eigenvalue weighted by atomic mass is 10.2. The third-order valence-electron chi connectivity index (χ3n) is 1.63. The Hall–Kier alpha value is 0.460. The van der Waals surface area contributed by atoms with Crippen molar-refractivity contribution >= 4 is 20.3 Å². The van der Waals surface area contributed by atoms with E-state index in [2.05, 4.69) is 53.9 Å². The molecule has 0 saturated carbocycles. The van der Waals surface area contributed by atoms with E-state index < -0.39 is 0 Å². The van der Waals surface area contributed by atoms with Gasteiger partial charge in [0.25, 0.3) is 0 Å². The molecule has 0 aliphatic rings. The van der Waals surface area contributed by atoms with E-state index in [4.69, 9.17) is 0 Å². The second kappa shape index (κ2) is 4.63. The first-order valence-corrected chi connectivity index (χ1v) is 5.52. The highest BCUT2D eigenvalue weighted by Crippen LogP contribution is 2.59. The van der Waals surface area contributed by atoms with Gasteiger partial charge in [-0.15, -0.1) is 12.4 Å². The Bertz CT molecular complexity index is 125. The lowest BCUT2D eigenvalue weighted by molar-refractivity contribution is 0.714. The molecule has 0 radical (unpaired) electrons. The molecule has 0 nitrogen and oxygen atoms in total. The van der Waals surface area contributed by atoms with Crippen molar-refractivity contribution in [3.63, 3.8) is 0 Å². The molecule has 0 bridgehead atoms. The predicted octanol–water partition coefficient (Wildman–Crippen LogP) is 4.63. The van der Waals surface area contributed by atoms with Gasteiger partial charge in [-0.25, -0.2) is 0 Å². The SMILES string of the molecule is C=CP(C(C)(C)C)C(C)(C)C.Cl. The maximum absolute atomic E-state index is 3.92. The molecule has 0 heterocycles. The first-order chi connectivity index (χ1) is 4.69. The van der Waals surface area contributed by atoms with E-state index in [1.165, 1.54) is 0 Å². The minimum absolute atomic E-state index is 0. The maximum atomic E-state index is 3.92. The molecule has 0 fully saturated rings. The van der Waals surface area contributed by atoms with Gasteiger partial charge in [0.15, 0.2) is 0 Å². The minimum atomic E-state index is -0.0766. The fourth-order valence-corrected chi connectivity index (χ4v) is 4.66. The quantitative estimate of drug-likeness (QED) is 0.551. The Kier molecular flexibility index (Phi) is 5.77. The Morgan fingerprint density at radius 3 is 1.17 bits per heavy atom. The molecule has 0 rings (SSSR count). The summed E-state index contributed by atoms with van der Waals surface area (Å²) in [4.78, 5) is 0. The van der Waals surface area contributed by atoms with Gasteiger partial charge in [0.1, 0.15) is 0 Å². The summed E-state index contributed by atoms with van der Waals surface area (Å²) in [5, 5.41) is 0.796. The third kappa shape index (κ3) is 4.48. The highest BCUT2D eigenvalue weighted by molar-refractivity contribution is 7.63. The van der Waals surface area contributed by atoms with Crippen LogP contribution in [0.5, 0.6) is 0 Å². The molecule has 0 aliphatic heterocycles. The Labute approximate surface area is 85.0 Å². The van der Waals surface area contributed by atoms with Crippen molar-refractivity contribution in [3.05, 3.63) is 12.4 Å². The van der Waals surface area contributed by atoms with Crippen molar-refractivity contribution in [2.24, 2.45) is 0 Å². The van der Waals surface area contributed by atoms with Crippen molar-refractivity contribution in [2.75, 3.05) is 0 Å². The fourth-order valence-electron chi connectivity index (χ4n) is 1.55. The molecule has 74 valence electrons. The van der Waals surface area contributed by atoms with Crippen LogP contribution in [-0.2, 0) is 0 Å². The predicted molar refractivity (Wildman–Crippen MR) is 63.9 cm³/mol. The normalized spacial score (nSPS) is 12.6. The van der Waals surface area contributed by atoms with Crippen LogP contribution in [0.25, 0.3) is 0 Å². The molecule has 0 atom stereocenters. The number of hydrogen-bond acceptors (Lipinski definition) is 0. The van der Waals surface area contributed by atoms with Crippen molar-refractivity contribution in [1.82, 2.24) is 0 Å². The second-order valence-corrected chi connectivity index (χ2v) is 8.68. The molecule has 0 saturated heterocycles. The van der Waals surface area contributed by atoms with Gasteiger partial charge in [0, 0.05) is 0 Å². The number of halogens is 1. The van der Waals surface area contributed by atoms with Gasteiger partial charge < -0.3 is 0 Å². The van der Waals surface area contributed by atoms with Gasteiger partial charge in [0.2, 0.25) is 0 Å². The van der Waals surface area contributed by atoms with Crippen LogP contribution in [0.1, 0.15) is 41.5 Å². The Morgan fingerprint density at radius 1 is 0.917 bits per heavy atom. The summed E-state index contributed by atoms with van der Waals surface area (Å²) in [5.41, 5.74) is 0. The van der Waals surface area contributed by atoms with Crippen LogP contribution in [0, 0.1) is 0 Å². The second-order valence-electron chi connectivity index (χ2n) is 4.89. The smallest absolute Gasteiger partial charge is 0.0140 e. The fraction of sp³-hybridized carbons (Fsp3) is 0.800. The maximum Gasteiger partial charge on any atom is -0.0140 e. The Morgan fingerprint density at radius 2 is 1.17 bits per heavy atom. The standard InChI is InChI=1S/C10H21P.ClH/c1-8-11(9(2,3)4)10(5,6)7;/h8H,1H2,2-7H3;1H. The van der Waals surface area contributed by atoms with Gasteiger partial charge in [-0.3, -0.25) is 0 Å². The summed E-state index contributed by atoms with van der Waals surface area (Å²) in [7, 11) is -0.0766. The first kappa shape index (κ1) is 15.0. The molecule has 0 aromatic rings. The highest BCUT2D eigenvalue weighted by Gasteiger charge is 2.31. The third-order valence-corrected chi connectivity index (χ3v) is 4.88. The first-order valence-electron chi connectivity index (χ1n) is 4.11. The molecule has 0 aliphatic carbocycles. The summed E-state index contributed by atoms with van der Waals surface area (Å²) >= 11 is 0. The van der Waals surface area contributed by atoms with Gasteiger partial charge in [0.05, 0.1) is 0 Å². The van der Waals surface area contributed by atoms with E-state index in [0.717, 1.165) is 0 Å². The molecular weight excluding hydrogens is 187 g/mol. The van der Waals surface area contributed by atoms with Gasteiger partial charge in [-0.05, 0) is 10.3 Å². The molecule has 2 heteroatoms. The number of hydrogen-bond donors (Lipinski definition) is 0. The van der Waals surface area contributed by atoms with E-state index in [1.54, 1.807) is 0 Å². The van der Waals surface area contributed by atoms with Crippen LogP contribution in [-0.4, -0.2) is 10.3 Å². The van der Waals surface area contributed by atoms with Gasteiger partial charge in [-0.1, -0.05) is 61.9 Å². The molecule has 0 aromatic heterocycles. The zero-order chi connectivity index (χ0) is 9.28. The summed E-state index contributed by atoms with van der Waals surface area (Å²) in [5.74, 6) is 2.15. The van der Waals surface area contributed by atoms with Crippen molar-refractivity contribution in [2.45, 2.75) is 51.9 Å². The summed E-state index contributed by atoms with van der Waals surface area (Å²) in [6.07, 6.45) is 0. The molecule has 0 spiro atoms. The molecule has 0 N–H and O–H groups in total. The van der Waals surface area contributed by atoms with Crippen molar-refractivity contribution in [3.8, 4) is 0 Å². The van der Waals surface area contributed by atoms with E-state index in [9.17, 15) is 0 Å². The Balaban J connectivity index is 0. The topological polar surface area (TPSA) is 0 Å². The van der Waals surface area contributed by atoms with E-state index >= 15 is 0 Å². The lowest BCUT2D eigenvalue weighted by Crippen LogP contribution is -2.23. The van der Waals surface area contributed by atoms with Crippen LogP contribution < -0.4 is 0 Å². The van der Waals surface area contributed by atoms with E-state index in [1.807, 2.05) is 0 Å². The van der Waals surface area contributed by atoms with Crippen molar-refractivity contribution in [1.29, 1.82) is 0 Å². The molecule has 0 amide bonds. The zero-order valence-corrected chi connectivity index (χ0v) is 10.9. The summed E-state index contributed by atoms with van der Waals surface area (Å²) < 4.78 is 0. The molecule has 12 heavy (non-hydrogen) atoms. The van der Waals surface area contributed by atoms with Crippen LogP contribution in [0.15, 0.2) is 12.4 Å². The number of rotatable bonds is 1. The monoisotopic (exact) mass is 208 g/mol. The highest BCUT2D eigenvalue weighted by atomic mass is 35.5. The average Bonchev–Trinajstić information content (AvgIpc) is 1.56. The van der Waals surface area contributed by atoms with Crippen LogP contribution >= 0.6 is 20.3 Å². The van der Waals surface area contributed by atoms with Crippen LogP contribution in [0.3, 0.4) is 0 Å². The zero-order valence-electron chi connectivity index (χ0n) is 9.14. The summed E-state index contributed by atoms with van der Waals surface area (Å²) in [6, 6.07) is 0. The molecule has 0 aromatic carbocycles. The molecule has 0 unspecified atom stereocenters. The van der Waals surface area contributed by atoms with E-state index in [-0.39, 0.29) is 20.3 Å². The van der Waals surface area contributed by atoms with E-state index in [0.29, 0.717) is 10.3 Å². The summed E-state index contributed by atoms with van der Waals surface area (Å²) in [6.45, 7) is 17.7. The van der Waals surface area contributed by atoms with Crippen LogP contribution in [0.2, 0.25) is 0 Å².